The second-order valence-corrected chi connectivity index (χ2v) is 5.51. The van der Waals surface area contributed by atoms with Crippen molar-refractivity contribution in [3.05, 3.63) is 52.5 Å². The van der Waals surface area contributed by atoms with Crippen LogP contribution in [-0.2, 0) is 0 Å². The fourth-order valence-electron chi connectivity index (χ4n) is 2.15. The first-order chi connectivity index (χ1) is 12.0. The minimum absolute atomic E-state index is 0.402. The second kappa shape index (κ2) is 8.94. The lowest BCUT2D eigenvalue weighted by Crippen LogP contribution is -2.24. The number of amides is 2. The number of nitrogens with one attached hydrogen (secondary N) is 2. The van der Waals surface area contributed by atoms with Crippen molar-refractivity contribution >= 4 is 29.5 Å². The first-order valence-electron chi connectivity index (χ1n) is 7.71. The van der Waals surface area contributed by atoms with Gasteiger partial charge in [0.2, 0.25) is 0 Å². The first kappa shape index (κ1) is 18.6. The van der Waals surface area contributed by atoms with E-state index in [2.05, 4.69) is 15.8 Å². The van der Waals surface area contributed by atoms with Crippen LogP contribution in [0.15, 0.2) is 41.5 Å². The van der Waals surface area contributed by atoms with Gasteiger partial charge in [0.15, 0.2) is 11.5 Å². The number of rotatable bonds is 6. The van der Waals surface area contributed by atoms with E-state index in [1.165, 1.54) is 13.3 Å². The van der Waals surface area contributed by atoms with Crippen LogP contribution in [0, 0.1) is 6.92 Å². The minimum Gasteiger partial charge on any atom is -0.491 e. The standard InChI is InChI=1S/C18H20ClN3O3/c1-4-25-16-10-13(9-14(19)17(16)24-3)11-20-22-18(23)21-15-8-6-5-7-12(15)2/h5-11H,4H2,1-3H3,(H2,21,22,23)/b20-11-. The SMILES string of the molecule is CCOc1cc(/C=N\NC(=O)Nc2ccccc2C)cc(Cl)c1OC. The molecule has 0 spiro atoms. The quantitative estimate of drug-likeness (QED) is 0.598. The molecule has 25 heavy (non-hydrogen) atoms. The second-order valence-electron chi connectivity index (χ2n) is 5.11. The van der Waals surface area contributed by atoms with Crippen molar-refractivity contribution < 1.29 is 14.3 Å². The Kier molecular flexibility index (Phi) is 6.65. The molecule has 2 amide bonds. The molecular weight excluding hydrogens is 342 g/mol. The van der Waals surface area contributed by atoms with Crippen LogP contribution in [0.2, 0.25) is 5.02 Å². The maximum Gasteiger partial charge on any atom is 0.339 e. The van der Waals surface area contributed by atoms with Gasteiger partial charge >= 0.3 is 6.03 Å². The van der Waals surface area contributed by atoms with Gasteiger partial charge in [0.1, 0.15) is 0 Å². The summed E-state index contributed by atoms with van der Waals surface area (Å²) in [4.78, 5) is 11.9. The smallest absolute Gasteiger partial charge is 0.339 e. The summed E-state index contributed by atoms with van der Waals surface area (Å²) >= 11 is 6.17. The van der Waals surface area contributed by atoms with Crippen LogP contribution in [-0.4, -0.2) is 26.0 Å². The van der Waals surface area contributed by atoms with Crippen LogP contribution < -0.4 is 20.2 Å². The van der Waals surface area contributed by atoms with E-state index in [4.69, 9.17) is 21.1 Å². The molecule has 0 saturated heterocycles. The molecule has 0 atom stereocenters. The third-order valence-electron chi connectivity index (χ3n) is 3.31. The number of carbonyl (C=O) groups is 1. The Morgan fingerprint density at radius 2 is 2.08 bits per heavy atom. The average molecular weight is 362 g/mol. The van der Waals surface area contributed by atoms with Crippen LogP contribution in [0.4, 0.5) is 10.5 Å². The highest BCUT2D eigenvalue weighted by Gasteiger charge is 2.10. The topological polar surface area (TPSA) is 72.0 Å². The zero-order valence-corrected chi connectivity index (χ0v) is 15.1. The van der Waals surface area contributed by atoms with E-state index in [9.17, 15) is 4.79 Å². The lowest BCUT2D eigenvalue weighted by atomic mass is 10.2. The van der Waals surface area contributed by atoms with E-state index in [1.807, 2.05) is 38.1 Å². The lowest BCUT2D eigenvalue weighted by Gasteiger charge is -2.11. The Morgan fingerprint density at radius 1 is 1.32 bits per heavy atom. The molecule has 2 N–H and O–H groups in total. The van der Waals surface area contributed by atoms with Crippen LogP contribution in [0.3, 0.4) is 0 Å². The van der Waals surface area contributed by atoms with Crippen molar-refractivity contribution in [2.24, 2.45) is 5.10 Å². The maximum absolute atomic E-state index is 11.9. The van der Waals surface area contributed by atoms with Crippen LogP contribution in [0.25, 0.3) is 0 Å². The summed E-state index contributed by atoms with van der Waals surface area (Å²) in [6.45, 7) is 4.25. The Balaban J connectivity index is 2.04. The highest BCUT2D eigenvalue weighted by atomic mass is 35.5. The normalized spacial score (nSPS) is 10.6. The van der Waals surface area contributed by atoms with E-state index >= 15 is 0 Å². The number of hydrazone groups is 1. The first-order valence-corrected chi connectivity index (χ1v) is 8.09. The summed E-state index contributed by atoms with van der Waals surface area (Å²) in [5.41, 5.74) is 4.77. The fourth-order valence-corrected chi connectivity index (χ4v) is 2.45. The molecule has 0 aliphatic rings. The number of para-hydroxylation sites is 1. The van der Waals surface area contributed by atoms with Gasteiger partial charge in [-0.1, -0.05) is 29.8 Å². The van der Waals surface area contributed by atoms with Gasteiger partial charge in [0.05, 0.1) is 25.0 Å². The van der Waals surface area contributed by atoms with Gasteiger partial charge < -0.3 is 14.8 Å². The highest BCUT2D eigenvalue weighted by molar-refractivity contribution is 6.32. The van der Waals surface area contributed by atoms with E-state index in [-0.39, 0.29) is 0 Å². The van der Waals surface area contributed by atoms with Crippen molar-refractivity contribution in [1.29, 1.82) is 0 Å². The van der Waals surface area contributed by atoms with Gasteiger partial charge in [-0.25, -0.2) is 10.2 Å². The summed E-state index contributed by atoms with van der Waals surface area (Å²) in [5, 5.41) is 7.05. The highest BCUT2D eigenvalue weighted by Crippen LogP contribution is 2.35. The zero-order valence-electron chi connectivity index (χ0n) is 14.3. The molecular formula is C18H20ClN3O3. The number of urea groups is 1. The van der Waals surface area contributed by atoms with Crippen molar-refractivity contribution in [1.82, 2.24) is 5.43 Å². The number of carbonyl (C=O) groups excluding carboxylic acids is 1. The van der Waals surface area contributed by atoms with Gasteiger partial charge in [-0.05, 0) is 43.2 Å². The van der Waals surface area contributed by atoms with Gasteiger partial charge in [0, 0.05) is 5.69 Å². The van der Waals surface area contributed by atoms with Crippen molar-refractivity contribution in [3.8, 4) is 11.5 Å². The van der Waals surface area contributed by atoms with E-state index in [0.717, 1.165) is 11.3 Å². The molecule has 0 aliphatic heterocycles. The molecule has 2 aromatic rings. The number of hydrogen-bond donors (Lipinski definition) is 2. The fraction of sp³-hybridized carbons (Fsp3) is 0.222. The Labute approximate surface area is 151 Å². The van der Waals surface area contributed by atoms with E-state index < -0.39 is 6.03 Å². The zero-order chi connectivity index (χ0) is 18.2. The molecule has 0 fully saturated rings. The molecule has 0 saturated carbocycles. The predicted octanol–water partition coefficient (Wildman–Crippen LogP) is 4.21. The molecule has 0 heterocycles. The van der Waals surface area contributed by atoms with Crippen LogP contribution >= 0.6 is 11.6 Å². The van der Waals surface area contributed by atoms with Crippen molar-refractivity contribution in [3.63, 3.8) is 0 Å². The lowest BCUT2D eigenvalue weighted by molar-refractivity contribution is 0.252. The molecule has 7 heteroatoms. The predicted molar refractivity (Wildman–Crippen MR) is 100 cm³/mol. The Bertz CT molecular complexity index is 778. The molecule has 0 aromatic heterocycles. The Hall–Kier alpha value is -2.73. The van der Waals surface area contributed by atoms with Gasteiger partial charge in [-0.3, -0.25) is 0 Å². The van der Waals surface area contributed by atoms with E-state index in [0.29, 0.717) is 28.7 Å². The number of ether oxygens (including phenoxy) is 2. The van der Waals surface area contributed by atoms with Crippen LogP contribution in [0.5, 0.6) is 11.5 Å². The largest absolute Gasteiger partial charge is 0.491 e. The summed E-state index contributed by atoms with van der Waals surface area (Å²) in [6, 6.07) is 10.5. The number of anilines is 1. The molecule has 2 aromatic carbocycles. The number of methoxy groups -OCH3 is 1. The third kappa shape index (κ3) is 5.12. The number of nitrogens with zero attached hydrogens (tertiary/aromatic N) is 1. The number of benzene rings is 2. The molecule has 6 nitrogen and oxygen atoms in total. The molecule has 0 bridgehead atoms. The van der Waals surface area contributed by atoms with Gasteiger partial charge in [-0.2, -0.15) is 5.10 Å². The van der Waals surface area contributed by atoms with Gasteiger partial charge in [0.25, 0.3) is 0 Å². The summed E-state index contributed by atoms with van der Waals surface area (Å²) in [6.07, 6.45) is 1.48. The third-order valence-corrected chi connectivity index (χ3v) is 3.59. The van der Waals surface area contributed by atoms with Crippen molar-refractivity contribution in [2.75, 3.05) is 19.0 Å². The number of halogens is 1. The summed E-state index contributed by atoms with van der Waals surface area (Å²) in [5.74, 6) is 0.981. The van der Waals surface area contributed by atoms with Gasteiger partial charge in [-0.15, -0.1) is 0 Å². The minimum atomic E-state index is -0.435. The van der Waals surface area contributed by atoms with Crippen LogP contribution in [0.1, 0.15) is 18.1 Å². The molecule has 132 valence electrons. The molecule has 0 unspecified atom stereocenters. The average Bonchev–Trinajstić information content (AvgIpc) is 2.57. The summed E-state index contributed by atoms with van der Waals surface area (Å²) in [7, 11) is 1.52. The maximum atomic E-state index is 11.9. The summed E-state index contributed by atoms with van der Waals surface area (Å²) < 4.78 is 10.7. The Morgan fingerprint density at radius 3 is 2.76 bits per heavy atom. The van der Waals surface area contributed by atoms with Crippen molar-refractivity contribution in [2.45, 2.75) is 13.8 Å². The monoisotopic (exact) mass is 361 g/mol. The van der Waals surface area contributed by atoms with E-state index in [1.54, 1.807) is 12.1 Å². The number of aryl methyl sites for hydroxylation is 1. The number of hydrogen-bond acceptors (Lipinski definition) is 4. The molecule has 0 aliphatic carbocycles. The molecule has 2 rings (SSSR count). The molecule has 0 radical (unpaired) electrons.